The average Bonchev–Trinajstić information content (AvgIpc) is 3.20. The van der Waals surface area contributed by atoms with Gasteiger partial charge in [0.2, 0.25) is 0 Å². The van der Waals surface area contributed by atoms with E-state index < -0.39 is 21.9 Å². The van der Waals surface area contributed by atoms with E-state index in [1.165, 1.54) is 36.6 Å². The minimum atomic E-state index is -3.84. The number of aryl methyl sites for hydroxylation is 1. The molecule has 1 amide bonds. The maximum atomic E-state index is 13.1. The van der Waals surface area contributed by atoms with E-state index in [9.17, 15) is 18.0 Å². The van der Waals surface area contributed by atoms with Crippen molar-refractivity contribution in [2.45, 2.75) is 25.3 Å². The van der Waals surface area contributed by atoms with Crippen molar-refractivity contribution < 1.29 is 27.5 Å². The van der Waals surface area contributed by atoms with Gasteiger partial charge in [-0.2, -0.15) is 4.99 Å². The third-order valence-corrected chi connectivity index (χ3v) is 7.81. The zero-order chi connectivity index (χ0) is 26.6. The summed E-state index contributed by atoms with van der Waals surface area (Å²) in [5, 5.41) is 0. The van der Waals surface area contributed by atoms with E-state index in [1.54, 1.807) is 47.0 Å². The van der Waals surface area contributed by atoms with E-state index in [2.05, 4.69) is 9.71 Å². The topological polar surface area (TPSA) is 116 Å². The molecule has 0 fully saturated rings. The first-order chi connectivity index (χ1) is 17.7. The van der Waals surface area contributed by atoms with Crippen LogP contribution < -0.4 is 14.3 Å². The Kier molecular flexibility index (Phi) is 7.74. The van der Waals surface area contributed by atoms with Gasteiger partial charge in [0.1, 0.15) is 12.3 Å². The van der Waals surface area contributed by atoms with Crippen molar-refractivity contribution in [3.63, 3.8) is 0 Å². The normalized spacial score (nSPS) is 11.9. The Morgan fingerprint density at radius 2 is 1.81 bits per heavy atom. The lowest BCUT2D eigenvalue weighted by Gasteiger charge is -2.09. The molecule has 192 valence electrons. The third-order valence-electron chi connectivity index (χ3n) is 5.37. The second-order valence-electron chi connectivity index (χ2n) is 8.03. The number of amides is 1. The van der Waals surface area contributed by atoms with Crippen LogP contribution in [0, 0.1) is 6.92 Å². The summed E-state index contributed by atoms with van der Waals surface area (Å²) in [5.41, 5.74) is 2.04. The number of benzene rings is 3. The summed E-state index contributed by atoms with van der Waals surface area (Å²) >= 11 is 1.23. The zero-order valence-corrected chi connectivity index (χ0v) is 22.1. The van der Waals surface area contributed by atoms with Gasteiger partial charge in [-0.1, -0.05) is 35.1 Å². The van der Waals surface area contributed by atoms with Crippen molar-refractivity contribution >= 4 is 49.1 Å². The predicted molar refractivity (Wildman–Crippen MR) is 141 cm³/mol. The lowest BCUT2D eigenvalue weighted by atomic mass is 10.2. The highest BCUT2D eigenvalue weighted by Gasteiger charge is 2.16. The van der Waals surface area contributed by atoms with Gasteiger partial charge >= 0.3 is 5.97 Å². The van der Waals surface area contributed by atoms with Crippen molar-refractivity contribution in [1.29, 1.82) is 0 Å². The molecule has 9 nitrogen and oxygen atoms in total. The molecule has 0 aliphatic heterocycles. The summed E-state index contributed by atoms with van der Waals surface area (Å²) in [5.74, 6) is -0.422. The zero-order valence-electron chi connectivity index (χ0n) is 20.4. The summed E-state index contributed by atoms with van der Waals surface area (Å²) in [4.78, 5) is 29.8. The maximum Gasteiger partial charge on any atom is 0.325 e. The van der Waals surface area contributed by atoms with Crippen molar-refractivity contribution in [1.82, 2.24) is 4.57 Å². The van der Waals surface area contributed by atoms with Crippen molar-refractivity contribution in [2.24, 2.45) is 4.99 Å². The number of esters is 1. The number of methoxy groups -OCH3 is 1. The number of fused-ring (bicyclic) bond motifs is 1. The van der Waals surface area contributed by atoms with Crippen LogP contribution in [0.1, 0.15) is 22.8 Å². The molecule has 0 aliphatic rings. The molecule has 4 rings (SSSR count). The number of thiazole rings is 1. The Balaban J connectivity index is 1.69. The molecule has 0 radical (unpaired) electrons. The van der Waals surface area contributed by atoms with Gasteiger partial charge in [0, 0.05) is 11.3 Å². The molecule has 0 unspecified atom stereocenters. The van der Waals surface area contributed by atoms with Crippen LogP contribution in [0.4, 0.5) is 5.69 Å². The number of carbonyl (C=O) groups excluding carboxylic acids is 2. The molecule has 11 heteroatoms. The van der Waals surface area contributed by atoms with Gasteiger partial charge in [0.15, 0.2) is 4.80 Å². The molecular weight excluding hydrogens is 514 g/mol. The van der Waals surface area contributed by atoms with Crippen LogP contribution in [0.2, 0.25) is 0 Å². The number of hydrogen-bond donors (Lipinski definition) is 1. The van der Waals surface area contributed by atoms with Crippen LogP contribution in [-0.4, -0.2) is 38.6 Å². The van der Waals surface area contributed by atoms with Crippen LogP contribution in [0.25, 0.3) is 10.2 Å². The molecule has 0 atom stereocenters. The number of hydrogen-bond acceptors (Lipinski definition) is 7. The Labute approximate surface area is 218 Å². The van der Waals surface area contributed by atoms with Gasteiger partial charge < -0.3 is 14.0 Å². The molecule has 0 aliphatic carbocycles. The first-order valence-corrected chi connectivity index (χ1v) is 13.6. The number of sulfonamides is 1. The number of rotatable bonds is 8. The number of aromatic nitrogens is 1. The Morgan fingerprint density at radius 1 is 1.05 bits per heavy atom. The van der Waals surface area contributed by atoms with Crippen molar-refractivity contribution in [3.05, 3.63) is 82.7 Å². The molecule has 3 aromatic carbocycles. The van der Waals surface area contributed by atoms with Crippen LogP contribution in [0.5, 0.6) is 5.75 Å². The number of ether oxygens (including phenoxy) is 2. The molecule has 0 saturated carbocycles. The highest BCUT2D eigenvalue weighted by Crippen LogP contribution is 2.24. The largest absolute Gasteiger partial charge is 0.494 e. The molecule has 4 aromatic rings. The monoisotopic (exact) mass is 539 g/mol. The first-order valence-electron chi connectivity index (χ1n) is 11.3. The number of carbonyl (C=O) groups is 2. The van der Waals surface area contributed by atoms with Gasteiger partial charge in [0.25, 0.3) is 15.9 Å². The van der Waals surface area contributed by atoms with Crippen LogP contribution in [0.3, 0.4) is 0 Å². The Morgan fingerprint density at radius 3 is 2.51 bits per heavy atom. The van der Waals surface area contributed by atoms with E-state index in [0.29, 0.717) is 22.7 Å². The molecule has 0 bridgehead atoms. The Hall–Kier alpha value is -3.96. The molecule has 1 heterocycles. The van der Waals surface area contributed by atoms with Crippen molar-refractivity contribution in [2.75, 3.05) is 18.4 Å². The summed E-state index contributed by atoms with van der Waals surface area (Å²) in [6, 6.07) is 17.9. The molecule has 1 N–H and O–H groups in total. The smallest absolute Gasteiger partial charge is 0.325 e. The highest BCUT2D eigenvalue weighted by atomic mass is 32.2. The number of nitrogens with one attached hydrogen (secondary N) is 1. The summed E-state index contributed by atoms with van der Waals surface area (Å²) in [6.07, 6.45) is 0. The average molecular weight is 540 g/mol. The lowest BCUT2D eigenvalue weighted by molar-refractivity contribution is -0.141. The standard InChI is InChI=1S/C26H25N3O6S2/c1-4-35-20-10-13-22-23(15-20)36-26(29(22)16-24(30)34-3)27-25(31)18-6-5-7-19(14-18)28-37(32,33)21-11-8-17(2)9-12-21/h5-15,28H,4,16H2,1-3H3. The van der Waals surface area contributed by atoms with Gasteiger partial charge in [0.05, 0.1) is 28.8 Å². The fourth-order valence-electron chi connectivity index (χ4n) is 3.54. The quantitative estimate of drug-likeness (QED) is 0.337. The SMILES string of the molecule is CCOc1ccc2c(c1)sc(=NC(=O)c1cccc(NS(=O)(=O)c3ccc(C)cc3)c1)n2CC(=O)OC. The maximum absolute atomic E-state index is 13.1. The van der Waals surface area contributed by atoms with Gasteiger partial charge in [-0.3, -0.25) is 14.3 Å². The van der Waals surface area contributed by atoms with Crippen LogP contribution in [-0.2, 0) is 26.1 Å². The van der Waals surface area contributed by atoms with Gasteiger partial charge in [-0.25, -0.2) is 8.42 Å². The predicted octanol–water partition coefficient (Wildman–Crippen LogP) is 4.12. The fraction of sp³-hybridized carbons (Fsp3) is 0.192. The van der Waals surface area contributed by atoms with Crippen molar-refractivity contribution in [3.8, 4) is 5.75 Å². The number of nitrogens with zero attached hydrogens (tertiary/aromatic N) is 2. The van der Waals surface area contributed by atoms with E-state index in [1.807, 2.05) is 19.9 Å². The minimum absolute atomic E-state index is 0.111. The fourth-order valence-corrected chi connectivity index (χ4v) is 5.65. The molecule has 37 heavy (non-hydrogen) atoms. The van der Waals surface area contributed by atoms with E-state index in [-0.39, 0.29) is 22.7 Å². The molecule has 0 saturated heterocycles. The first kappa shape index (κ1) is 26.1. The second kappa shape index (κ2) is 11.0. The van der Waals surface area contributed by atoms with Crippen LogP contribution >= 0.6 is 11.3 Å². The Bertz CT molecular complexity index is 1640. The summed E-state index contributed by atoms with van der Waals surface area (Å²) in [7, 11) is -2.55. The van der Waals surface area contributed by atoms with Gasteiger partial charge in [-0.05, 0) is 62.4 Å². The number of anilines is 1. The van der Waals surface area contributed by atoms with E-state index in [0.717, 1.165) is 10.3 Å². The summed E-state index contributed by atoms with van der Waals surface area (Å²) < 4.78 is 40.8. The molecule has 1 aromatic heterocycles. The lowest BCUT2D eigenvalue weighted by Crippen LogP contribution is -2.22. The van der Waals surface area contributed by atoms with Crippen LogP contribution in [0.15, 0.2) is 76.6 Å². The third kappa shape index (κ3) is 6.07. The molecular formula is C26H25N3O6S2. The minimum Gasteiger partial charge on any atom is -0.494 e. The second-order valence-corrected chi connectivity index (χ2v) is 10.7. The van der Waals surface area contributed by atoms with E-state index in [4.69, 9.17) is 9.47 Å². The van der Waals surface area contributed by atoms with E-state index >= 15 is 0 Å². The molecule has 0 spiro atoms. The summed E-state index contributed by atoms with van der Waals surface area (Å²) in [6.45, 7) is 4.11. The highest BCUT2D eigenvalue weighted by molar-refractivity contribution is 7.92. The van der Waals surface area contributed by atoms with Gasteiger partial charge in [-0.15, -0.1) is 0 Å².